The molecule has 2 aromatic carbocycles. The Balaban J connectivity index is 1.64. The average molecular weight is 409 g/mol. The number of rotatable bonds is 5. The second-order valence-electron chi connectivity index (χ2n) is 6.08. The third-order valence-corrected chi connectivity index (χ3v) is 5.92. The van der Waals surface area contributed by atoms with Crippen LogP contribution in [0.15, 0.2) is 53.0 Å². The lowest BCUT2D eigenvalue weighted by Gasteiger charge is -2.28. The Bertz CT molecular complexity index is 768. The Morgan fingerprint density at radius 1 is 0.917 bits per heavy atom. The standard InChI is InChI=1S/C18H21BrN2O2S/c19-16-6-4-15(5-7-16)14-24(22,23)20-17-8-10-18(11-9-17)21-12-2-1-3-13-21/h4-11,20H,1-3,12-14H2. The van der Waals surface area contributed by atoms with Crippen molar-refractivity contribution in [1.29, 1.82) is 0 Å². The van der Waals surface area contributed by atoms with E-state index in [0.717, 1.165) is 28.8 Å². The monoisotopic (exact) mass is 408 g/mol. The summed E-state index contributed by atoms with van der Waals surface area (Å²) < 4.78 is 28.2. The quantitative estimate of drug-likeness (QED) is 0.798. The number of hydrogen-bond acceptors (Lipinski definition) is 3. The molecule has 3 rings (SSSR count). The molecule has 24 heavy (non-hydrogen) atoms. The van der Waals surface area contributed by atoms with E-state index in [1.807, 2.05) is 48.5 Å². The lowest BCUT2D eigenvalue weighted by atomic mass is 10.1. The van der Waals surface area contributed by atoms with Crippen LogP contribution in [0.3, 0.4) is 0 Å². The summed E-state index contributed by atoms with van der Waals surface area (Å²) in [6.45, 7) is 2.16. The molecule has 0 bridgehead atoms. The summed E-state index contributed by atoms with van der Waals surface area (Å²) in [5.41, 5.74) is 2.52. The Morgan fingerprint density at radius 2 is 1.54 bits per heavy atom. The van der Waals surface area contributed by atoms with E-state index < -0.39 is 10.0 Å². The number of halogens is 1. The molecule has 128 valence electrons. The molecule has 0 unspecified atom stereocenters. The van der Waals surface area contributed by atoms with Gasteiger partial charge in [0.2, 0.25) is 10.0 Å². The van der Waals surface area contributed by atoms with Gasteiger partial charge < -0.3 is 4.90 Å². The van der Waals surface area contributed by atoms with Gasteiger partial charge in [-0.25, -0.2) is 8.42 Å². The van der Waals surface area contributed by atoms with Crippen molar-refractivity contribution in [3.63, 3.8) is 0 Å². The predicted molar refractivity (Wildman–Crippen MR) is 103 cm³/mol. The van der Waals surface area contributed by atoms with Crippen molar-refractivity contribution in [1.82, 2.24) is 0 Å². The number of anilines is 2. The maximum Gasteiger partial charge on any atom is 0.236 e. The highest BCUT2D eigenvalue weighted by atomic mass is 79.9. The molecule has 2 aromatic rings. The van der Waals surface area contributed by atoms with E-state index in [-0.39, 0.29) is 5.75 Å². The van der Waals surface area contributed by atoms with Crippen LogP contribution in [0.4, 0.5) is 11.4 Å². The summed E-state index contributed by atoms with van der Waals surface area (Å²) >= 11 is 3.35. The van der Waals surface area contributed by atoms with Gasteiger partial charge in [-0.3, -0.25) is 4.72 Å². The number of sulfonamides is 1. The SMILES string of the molecule is O=S(=O)(Cc1ccc(Br)cc1)Nc1ccc(N2CCCCC2)cc1. The molecule has 0 aliphatic carbocycles. The molecule has 1 heterocycles. The van der Waals surface area contributed by atoms with Gasteiger partial charge >= 0.3 is 0 Å². The molecule has 0 spiro atoms. The van der Waals surface area contributed by atoms with Gasteiger partial charge in [0, 0.05) is 28.9 Å². The van der Waals surface area contributed by atoms with Gasteiger partial charge in [-0.2, -0.15) is 0 Å². The normalized spacial score (nSPS) is 15.3. The fourth-order valence-electron chi connectivity index (χ4n) is 2.91. The Labute approximate surface area is 152 Å². The minimum atomic E-state index is -3.42. The second-order valence-corrected chi connectivity index (χ2v) is 8.72. The van der Waals surface area contributed by atoms with Crippen molar-refractivity contribution in [2.24, 2.45) is 0 Å². The van der Waals surface area contributed by atoms with E-state index >= 15 is 0 Å². The van der Waals surface area contributed by atoms with Gasteiger partial charge in [0.05, 0.1) is 5.75 Å². The molecule has 0 saturated carbocycles. The molecule has 4 nitrogen and oxygen atoms in total. The number of nitrogens with one attached hydrogen (secondary N) is 1. The van der Waals surface area contributed by atoms with Crippen LogP contribution in [0.25, 0.3) is 0 Å². The first-order valence-corrected chi connectivity index (χ1v) is 10.6. The van der Waals surface area contributed by atoms with Crippen LogP contribution in [0.2, 0.25) is 0 Å². The third kappa shape index (κ3) is 4.74. The van der Waals surface area contributed by atoms with Crippen LogP contribution in [0.5, 0.6) is 0 Å². The van der Waals surface area contributed by atoms with Crippen molar-refractivity contribution in [2.45, 2.75) is 25.0 Å². The molecule has 1 saturated heterocycles. The predicted octanol–water partition coefficient (Wildman–Crippen LogP) is 4.38. The minimum absolute atomic E-state index is 0.0336. The number of nitrogens with zero attached hydrogens (tertiary/aromatic N) is 1. The van der Waals surface area contributed by atoms with Crippen molar-refractivity contribution >= 4 is 37.3 Å². The molecule has 1 fully saturated rings. The van der Waals surface area contributed by atoms with Crippen molar-refractivity contribution < 1.29 is 8.42 Å². The largest absolute Gasteiger partial charge is 0.372 e. The molecule has 0 amide bonds. The zero-order chi connectivity index (χ0) is 17.0. The maximum absolute atomic E-state index is 12.3. The van der Waals surface area contributed by atoms with Gasteiger partial charge in [0.1, 0.15) is 0 Å². The lowest BCUT2D eigenvalue weighted by molar-refractivity contribution is 0.578. The summed E-state index contributed by atoms with van der Waals surface area (Å²) in [4.78, 5) is 2.35. The fraction of sp³-hybridized carbons (Fsp3) is 0.333. The van der Waals surface area contributed by atoms with E-state index in [4.69, 9.17) is 0 Å². The first-order chi connectivity index (χ1) is 11.5. The molecule has 0 atom stereocenters. The zero-order valence-electron chi connectivity index (χ0n) is 13.4. The van der Waals surface area contributed by atoms with Crippen molar-refractivity contribution in [3.05, 3.63) is 58.6 Å². The molecule has 6 heteroatoms. The Morgan fingerprint density at radius 3 is 2.17 bits per heavy atom. The molecule has 1 aliphatic heterocycles. The highest BCUT2D eigenvalue weighted by Crippen LogP contribution is 2.23. The maximum atomic E-state index is 12.3. The molecular weight excluding hydrogens is 388 g/mol. The number of benzene rings is 2. The topological polar surface area (TPSA) is 49.4 Å². The smallest absolute Gasteiger partial charge is 0.236 e. The van der Waals surface area contributed by atoms with Crippen LogP contribution < -0.4 is 9.62 Å². The highest BCUT2D eigenvalue weighted by Gasteiger charge is 2.13. The summed E-state index contributed by atoms with van der Waals surface area (Å²) in [5.74, 6) is -0.0336. The van der Waals surface area contributed by atoms with E-state index in [0.29, 0.717) is 5.69 Å². The first kappa shape index (κ1) is 17.3. The first-order valence-electron chi connectivity index (χ1n) is 8.12. The molecular formula is C18H21BrN2O2S. The molecule has 0 radical (unpaired) electrons. The van der Waals surface area contributed by atoms with E-state index in [2.05, 4.69) is 25.6 Å². The summed E-state index contributed by atoms with van der Waals surface area (Å²) in [6.07, 6.45) is 3.74. The second kappa shape index (κ2) is 7.57. The molecule has 0 aromatic heterocycles. The van der Waals surface area contributed by atoms with Crippen LogP contribution in [-0.2, 0) is 15.8 Å². The van der Waals surface area contributed by atoms with Crippen LogP contribution in [0, 0.1) is 0 Å². The van der Waals surface area contributed by atoms with Gasteiger partial charge in [0.15, 0.2) is 0 Å². The molecule has 1 aliphatic rings. The summed E-state index contributed by atoms with van der Waals surface area (Å²) in [7, 11) is -3.42. The fourth-order valence-corrected chi connectivity index (χ4v) is 4.37. The summed E-state index contributed by atoms with van der Waals surface area (Å²) in [5, 5.41) is 0. The van der Waals surface area contributed by atoms with E-state index in [1.165, 1.54) is 19.3 Å². The van der Waals surface area contributed by atoms with Gasteiger partial charge in [-0.05, 0) is 61.2 Å². The number of piperidine rings is 1. The van der Waals surface area contributed by atoms with Crippen molar-refractivity contribution in [2.75, 3.05) is 22.7 Å². The van der Waals surface area contributed by atoms with E-state index in [1.54, 1.807) is 0 Å². The van der Waals surface area contributed by atoms with Crippen LogP contribution >= 0.6 is 15.9 Å². The lowest BCUT2D eigenvalue weighted by Crippen LogP contribution is -2.29. The van der Waals surface area contributed by atoms with Gasteiger partial charge in [-0.1, -0.05) is 28.1 Å². The average Bonchev–Trinajstić information content (AvgIpc) is 2.58. The molecule has 1 N–H and O–H groups in total. The summed E-state index contributed by atoms with van der Waals surface area (Å²) in [6, 6.07) is 15.0. The van der Waals surface area contributed by atoms with Gasteiger partial charge in [0.25, 0.3) is 0 Å². The van der Waals surface area contributed by atoms with Crippen LogP contribution in [0.1, 0.15) is 24.8 Å². The Hall–Kier alpha value is -1.53. The Kier molecular flexibility index (Phi) is 5.46. The number of hydrogen-bond donors (Lipinski definition) is 1. The third-order valence-electron chi connectivity index (χ3n) is 4.13. The van der Waals surface area contributed by atoms with Crippen LogP contribution in [-0.4, -0.2) is 21.5 Å². The van der Waals surface area contributed by atoms with Gasteiger partial charge in [-0.15, -0.1) is 0 Å². The van der Waals surface area contributed by atoms with E-state index in [9.17, 15) is 8.42 Å². The zero-order valence-corrected chi connectivity index (χ0v) is 15.8. The van der Waals surface area contributed by atoms with Crippen molar-refractivity contribution in [3.8, 4) is 0 Å². The highest BCUT2D eigenvalue weighted by molar-refractivity contribution is 9.10. The minimum Gasteiger partial charge on any atom is -0.372 e.